The number of aromatic nitrogens is 2. The minimum absolute atomic E-state index is 0.0628. The number of aryl methyl sites for hydroxylation is 2. The number of amides is 2. The maximum absolute atomic E-state index is 13.1. The van der Waals surface area contributed by atoms with Crippen LogP contribution in [0.3, 0.4) is 0 Å². The van der Waals surface area contributed by atoms with Crippen LogP contribution in [-0.4, -0.2) is 66.9 Å². The number of hydrogen-bond donors (Lipinski definition) is 1. The van der Waals surface area contributed by atoms with Crippen molar-refractivity contribution in [3.8, 4) is 0 Å². The molecule has 2 aromatic carbocycles. The van der Waals surface area contributed by atoms with Crippen molar-refractivity contribution in [3.63, 3.8) is 0 Å². The van der Waals surface area contributed by atoms with Gasteiger partial charge in [-0.3, -0.25) is 9.59 Å². The van der Waals surface area contributed by atoms with Gasteiger partial charge in [-0.1, -0.05) is 18.2 Å². The lowest BCUT2D eigenvalue weighted by Gasteiger charge is -2.26. The molecule has 1 saturated heterocycles. The molecule has 3 aromatic rings. The molecule has 0 bridgehead atoms. The normalized spacial score (nSPS) is 14.8. The highest BCUT2D eigenvalue weighted by Gasteiger charge is 2.27. The summed E-state index contributed by atoms with van der Waals surface area (Å²) in [7, 11) is -1.79. The van der Waals surface area contributed by atoms with Crippen LogP contribution in [0.4, 0.5) is 5.69 Å². The lowest BCUT2D eigenvalue weighted by atomic mass is 10.2. The van der Waals surface area contributed by atoms with Gasteiger partial charge in [0.2, 0.25) is 21.8 Å². The maximum atomic E-state index is 13.1. The van der Waals surface area contributed by atoms with Gasteiger partial charge in [0.1, 0.15) is 5.82 Å². The second kappa shape index (κ2) is 10.5. The number of carbonyl (C=O) groups is 2. The Bertz CT molecular complexity index is 1320. The number of morpholine rings is 1. The lowest BCUT2D eigenvalue weighted by molar-refractivity contribution is -0.119. The summed E-state index contributed by atoms with van der Waals surface area (Å²) in [6, 6.07) is 14.0. The fourth-order valence-corrected chi connectivity index (χ4v) is 5.56. The predicted octanol–water partition coefficient (Wildman–Crippen LogP) is 1.44. The van der Waals surface area contributed by atoms with Gasteiger partial charge in [-0.05, 0) is 30.3 Å². The maximum Gasteiger partial charge on any atom is 0.243 e. The molecule has 35 heavy (non-hydrogen) atoms. The zero-order valence-corrected chi connectivity index (χ0v) is 20.4. The Morgan fingerprint density at radius 1 is 1.09 bits per heavy atom. The van der Waals surface area contributed by atoms with Gasteiger partial charge in [-0.15, -0.1) is 0 Å². The molecule has 0 unspecified atom stereocenters. The van der Waals surface area contributed by atoms with E-state index in [1.807, 2.05) is 41.9 Å². The number of primary amides is 1. The van der Waals surface area contributed by atoms with Crippen LogP contribution in [0.1, 0.15) is 18.7 Å². The number of nitrogens with zero attached hydrogens (tertiary/aromatic N) is 4. The minimum atomic E-state index is -3.63. The smallest absolute Gasteiger partial charge is 0.243 e. The van der Waals surface area contributed by atoms with Crippen LogP contribution in [0.2, 0.25) is 0 Å². The number of ether oxygens (including phenoxy) is 1. The van der Waals surface area contributed by atoms with Crippen molar-refractivity contribution in [1.29, 1.82) is 0 Å². The summed E-state index contributed by atoms with van der Waals surface area (Å²) >= 11 is 0. The summed E-state index contributed by atoms with van der Waals surface area (Å²) in [6.45, 7) is 1.60. The molecule has 0 saturated carbocycles. The summed E-state index contributed by atoms with van der Waals surface area (Å²) in [4.78, 5) is 30.7. The second-order valence-corrected chi connectivity index (χ2v) is 10.3. The number of nitrogens with two attached hydrogens (primary N) is 1. The number of sulfonamides is 1. The van der Waals surface area contributed by atoms with E-state index in [0.29, 0.717) is 49.8 Å². The highest BCUT2D eigenvalue weighted by atomic mass is 32.2. The van der Waals surface area contributed by atoms with E-state index >= 15 is 0 Å². The van der Waals surface area contributed by atoms with Crippen LogP contribution in [0, 0.1) is 0 Å². The zero-order chi connectivity index (χ0) is 25.0. The Hall–Kier alpha value is -3.28. The van der Waals surface area contributed by atoms with Gasteiger partial charge in [0.25, 0.3) is 0 Å². The van der Waals surface area contributed by atoms with Gasteiger partial charge in [0.15, 0.2) is 0 Å². The standard InChI is InChI=1S/C24H29N5O5S/c1-27-21-8-7-19(35(32,33)28-13-15-34-16-14-28)17-20(21)26-23(27)9-10-24(31)29(12-11-22(25)30)18-5-3-2-4-6-18/h2-8,17H,9-16H2,1H3,(H2,25,30). The first-order chi connectivity index (χ1) is 16.8. The Morgan fingerprint density at radius 2 is 1.80 bits per heavy atom. The van der Waals surface area contributed by atoms with Crippen LogP contribution in [0.5, 0.6) is 0 Å². The van der Waals surface area contributed by atoms with E-state index in [9.17, 15) is 18.0 Å². The van der Waals surface area contributed by atoms with Crippen molar-refractivity contribution < 1.29 is 22.7 Å². The summed E-state index contributed by atoms with van der Waals surface area (Å²) in [5.41, 5.74) is 7.32. The Labute approximate surface area is 204 Å². The van der Waals surface area contributed by atoms with Crippen LogP contribution in [-0.2, 0) is 37.8 Å². The third-order valence-electron chi connectivity index (χ3n) is 6.07. The summed E-state index contributed by atoms with van der Waals surface area (Å²) in [5.74, 6) is 0.0363. The fraction of sp³-hybridized carbons (Fsp3) is 0.375. The largest absolute Gasteiger partial charge is 0.379 e. The topological polar surface area (TPSA) is 128 Å². The number of para-hydroxylation sites is 1. The number of imidazole rings is 1. The molecular weight excluding hydrogens is 470 g/mol. The molecule has 1 aromatic heterocycles. The van der Waals surface area contributed by atoms with Crippen molar-refractivity contribution >= 4 is 38.6 Å². The van der Waals surface area contributed by atoms with Crippen LogP contribution in [0.15, 0.2) is 53.4 Å². The lowest BCUT2D eigenvalue weighted by Crippen LogP contribution is -2.40. The summed E-state index contributed by atoms with van der Waals surface area (Å²) < 4.78 is 34.6. The molecule has 10 nitrogen and oxygen atoms in total. The molecule has 2 heterocycles. The molecule has 186 valence electrons. The van der Waals surface area contributed by atoms with Crippen molar-refractivity contribution in [2.45, 2.75) is 24.2 Å². The minimum Gasteiger partial charge on any atom is -0.379 e. The molecule has 0 aliphatic carbocycles. The number of benzene rings is 2. The van der Waals surface area contributed by atoms with Crippen LogP contribution >= 0.6 is 0 Å². The molecule has 0 spiro atoms. The molecule has 0 radical (unpaired) electrons. The number of rotatable bonds is 9. The predicted molar refractivity (Wildman–Crippen MR) is 131 cm³/mol. The number of anilines is 1. The van der Waals surface area contributed by atoms with E-state index in [1.165, 1.54) is 4.31 Å². The molecule has 11 heteroatoms. The van der Waals surface area contributed by atoms with Crippen LogP contribution in [0.25, 0.3) is 11.0 Å². The second-order valence-electron chi connectivity index (χ2n) is 8.35. The molecular formula is C24H29N5O5S. The summed E-state index contributed by atoms with van der Waals surface area (Å²) in [5, 5.41) is 0. The van der Waals surface area contributed by atoms with Gasteiger partial charge in [-0.25, -0.2) is 13.4 Å². The molecule has 2 N–H and O–H groups in total. The van der Waals surface area contributed by atoms with E-state index < -0.39 is 15.9 Å². The first kappa shape index (κ1) is 24.8. The molecule has 1 fully saturated rings. The van der Waals surface area contributed by atoms with Crippen molar-refractivity contribution in [3.05, 3.63) is 54.4 Å². The molecule has 0 atom stereocenters. The molecule has 1 aliphatic rings. The van der Waals surface area contributed by atoms with Crippen molar-refractivity contribution in [2.75, 3.05) is 37.7 Å². The Kier molecular flexibility index (Phi) is 7.48. The fourth-order valence-electron chi connectivity index (χ4n) is 4.13. The Balaban J connectivity index is 1.52. The van der Waals surface area contributed by atoms with Gasteiger partial charge in [-0.2, -0.15) is 4.31 Å². The zero-order valence-electron chi connectivity index (χ0n) is 19.6. The quantitative estimate of drug-likeness (QED) is 0.474. The first-order valence-corrected chi connectivity index (χ1v) is 12.9. The van der Waals surface area contributed by atoms with Gasteiger partial charge in [0, 0.05) is 51.6 Å². The molecule has 2 amide bonds. The number of fused-ring (bicyclic) bond motifs is 1. The molecule has 1 aliphatic heterocycles. The third-order valence-corrected chi connectivity index (χ3v) is 7.96. The highest BCUT2D eigenvalue weighted by Crippen LogP contribution is 2.24. The van der Waals surface area contributed by atoms with Gasteiger partial charge < -0.3 is 19.9 Å². The van der Waals surface area contributed by atoms with E-state index in [-0.39, 0.29) is 30.2 Å². The van der Waals surface area contributed by atoms with E-state index in [2.05, 4.69) is 4.98 Å². The third kappa shape index (κ3) is 5.53. The van der Waals surface area contributed by atoms with E-state index in [1.54, 1.807) is 23.1 Å². The monoisotopic (exact) mass is 499 g/mol. The first-order valence-electron chi connectivity index (χ1n) is 11.4. The van der Waals surface area contributed by atoms with Gasteiger partial charge >= 0.3 is 0 Å². The van der Waals surface area contributed by atoms with E-state index in [0.717, 1.165) is 5.52 Å². The highest BCUT2D eigenvalue weighted by molar-refractivity contribution is 7.89. The number of hydrogen-bond acceptors (Lipinski definition) is 6. The van der Waals surface area contributed by atoms with Crippen molar-refractivity contribution in [1.82, 2.24) is 13.9 Å². The number of carbonyl (C=O) groups excluding carboxylic acids is 2. The average molecular weight is 500 g/mol. The Morgan fingerprint density at radius 3 is 2.49 bits per heavy atom. The SMILES string of the molecule is Cn1c(CCC(=O)N(CCC(N)=O)c2ccccc2)nc2cc(S(=O)(=O)N3CCOCC3)ccc21. The van der Waals surface area contributed by atoms with Gasteiger partial charge in [0.05, 0.1) is 29.1 Å². The average Bonchev–Trinajstić information content (AvgIpc) is 3.18. The van der Waals surface area contributed by atoms with E-state index in [4.69, 9.17) is 10.5 Å². The molecule has 4 rings (SSSR count). The van der Waals surface area contributed by atoms with Crippen LogP contribution < -0.4 is 10.6 Å². The summed E-state index contributed by atoms with van der Waals surface area (Å²) in [6.07, 6.45) is 0.590. The van der Waals surface area contributed by atoms with Crippen molar-refractivity contribution in [2.24, 2.45) is 12.8 Å².